The second kappa shape index (κ2) is 6.73. The zero-order valence-corrected chi connectivity index (χ0v) is 13.2. The van der Waals surface area contributed by atoms with Crippen molar-refractivity contribution in [3.8, 4) is 0 Å². The third-order valence-electron chi connectivity index (χ3n) is 4.70. The molecule has 1 aromatic carbocycles. The van der Waals surface area contributed by atoms with E-state index in [9.17, 15) is 5.11 Å². The summed E-state index contributed by atoms with van der Waals surface area (Å²) in [6.07, 6.45) is 4.39. The van der Waals surface area contributed by atoms with Gasteiger partial charge >= 0.3 is 0 Å². The molecule has 2 nitrogen and oxygen atoms in total. The summed E-state index contributed by atoms with van der Waals surface area (Å²) in [4.78, 5) is 2.52. The Labute approximate surface area is 123 Å². The van der Waals surface area contributed by atoms with Gasteiger partial charge in [-0.3, -0.25) is 0 Å². The van der Waals surface area contributed by atoms with Crippen LogP contribution in [0.4, 0.5) is 0 Å². The van der Waals surface area contributed by atoms with Crippen molar-refractivity contribution in [3.05, 3.63) is 35.4 Å². The van der Waals surface area contributed by atoms with Crippen molar-refractivity contribution in [2.24, 2.45) is 5.41 Å². The normalized spacial score (nSPS) is 21.4. The maximum absolute atomic E-state index is 10.4. The fourth-order valence-electron chi connectivity index (χ4n) is 3.12. The lowest BCUT2D eigenvalue weighted by Gasteiger charge is -2.24. The van der Waals surface area contributed by atoms with Gasteiger partial charge in [-0.25, -0.2) is 0 Å². The quantitative estimate of drug-likeness (QED) is 0.900. The van der Waals surface area contributed by atoms with Crippen molar-refractivity contribution in [1.29, 1.82) is 0 Å². The lowest BCUT2D eigenvalue weighted by molar-refractivity contribution is 0.141. The molecule has 0 amide bonds. The van der Waals surface area contributed by atoms with Gasteiger partial charge in [0.25, 0.3) is 0 Å². The summed E-state index contributed by atoms with van der Waals surface area (Å²) in [6.45, 7) is 10.2. The number of nitrogens with zero attached hydrogens (tertiary/aromatic N) is 1. The van der Waals surface area contributed by atoms with Gasteiger partial charge in [0.05, 0.1) is 6.10 Å². The standard InChI is InChI=1S/C18H29NO/c1-15-7-4-5-8-16(15)17(20)9-13-19-12-6-10-18(2,3)11-14-19/h4-5,7-8,17,20H,6,9-14H2,1-3H3. The number of likely N-dealkylation sites (tertiary alicyclic amines) is 1. The van der Waals surface area contributed by atoms with E-state index in [-0.39, 0.29) is 6.10 Å². The van der Waals surface area contributed by atoms with Gasteiger partial charge in [-0.05, 0) is 62.2 Å². The van der Waals surface area contributed by atoms with Crippen LogP contribution in [0, 0.1) is 12.3 Å². The summed E-state index contributed by atoms with van der Waals surface area (Å²) >= 11 is 0. The number of benzene rings is 1. The summed E-state index contributed by atoms with van der Waals surface area (Å²) in [5.41, 5.74) is 2.77. The molecule has 112 valence electrons. The first-order valence-corrected chi connectivity index (χ1v) is 7.94. The zero-order valence-electron chi connectivity index (χ0n) is 13.2. The average molecular weight is 275 g/mol. The summed E-state index contributed by atoms with van der Waals surface area (Å²) in [6, 6.07) is 8.17. The second-order valence-electron chi connectivity index (χ2n) is 7.02. The van der Waals surface area contributed by atoms with Crippen molar-refractivity contribution in [2.45, 2.75) is 52.6 Å². The Morgan fingerprint density at radius 2 is 1.95 bits per heavy atom. The van der Waals surface area contributed by atoms with Crippen LogP contribution in [-0.2, 0) is 0 Å². The van der Waals surface area contributed by atoms with Gasteiger partial charge in [0.15, 0.2) is 0 Å². The molecule has 1 N–H and O–H groups in total. The molecule has 0 saturated carbocycles. The van der Waals surface area contributed by atoms with Crippen LogP contribution >= 0.6 is 0 Å². The summed E-state index contributed by atoms with van der Waals surface area (Å²) < 4.78 is 0. The Morgan fingerprint density at radius 1 is 1.20 bits per heavy atom. The molecule has 0 spiro atoms. The molecule has 1 unspecified atom stereocenters. The molecule has 0 radical (unpaired) electrons. The van der Waals surface area contributed by atoms with E-state index in [4.69, 9.17) is 0 Å². The van der Waals surface area contributed by atoms with Gasteiger partial charge in [0.1, 0.15) is 0 Å². The van der Waals surface area contributed by atoms with E-state index in [0.29, 0.717) is 5.41 Å². The molecule has 1 aliphatic heterocycles. The highest BCUT2D eigenvalue weighted by Gasteiger charge is 2.23. The Kier molecular flexibility index (Phi) is 5.22. The number of hydrogen-bond donors (Lipinski definition) is 1. The lowest BCUT2D eigenvalue weighted by atomic mass is 9.85. The van der Waals surface area contributed by atoms with Crippen molar-refractivity contribution in [1.82, 2.24) is 4.90 Å². The smallest absolute Gasteiger partial charge is 0.0804 e. The molecule has 2 heteroatoms. The highest BCUT2D eigenvalue weighted by Crippen LogP contribution is 2.30. The molecule has 1 atom stereocenters. The fraction of sp³-hybridized carbons (Fsp3) is 0.667. The number of hydrogen-bond acceptors (Lipinski definition) is 2. The van der Waals surface area contributed by atoms with Crippen LogP contribution in [0.15, 0.2) is 24.3 Å². The van der Waals surface area contributed by atoms with Crippen molar-refractivity contribution < 1.29 is 5.11 Å². The van der Waals surface area contributed by atoms with Crippen LogP contribution in [0.25, 0.3) is 0 Å². The minimum atomic E-state index is -0.326. The minimum absolute atomic E-state index is 0.326. The zero-order chi connectivity index (χ0) is 14.6. The number of aliphatic hydroxyl groups excluding tert-OH is 1. The van der Waals surface area contributed by atoms with Crippen LogP contribution in [0.5, 0.6) is 0 Å². The predicted molar refractivity (Wildman–Crippen MR) is 84.8 cm³/mol. The second-order valence-corrected chi connectivity index (χ2v) is 7.02. The Balaban J connectivity index is 1.84. The first-order chi connectivity index (χ1) is 9.48. The van der Waals surface area contributed by atoms with E-state index in [1.165, 1.54) is 37.9 Å². The largest absolute Gasteiger partial charge is 0.388 e. The van der Waals surface area contributed by atoms with Crippen LogP contribution in [0.1, 0.15) is 56.8 Å². The topological polar surface area (TPSA) is 23.5 Å². The monoisotopic (exact) mass is 275 g/mol. The lowest BCUT2D eigenvalue weighted by Crippen LogP contribution is -2.27. The maximum Gasteiger partial charge on any atom is 0.0804 e. The summed E-state index contributed by atoms with van der Waals surface area (Å²) in [7, 11) is 0. The molecule has 1 aromatic rings. The van der Waals surface area contributed by atoms with Gasteiger partial charge in [-0.1, -0.05) is 38.1 Å². The molecule has 20 heavy (non-hydrogen) atoms. The third kappa shape index (κ3) is 4.32. The molecule has 0 bridgehead atoms. The van der Waals surface area contributed by atoms with E-state index in [1.807, 2.05) is 18.2 Å². The Bertz CT molecular complexity index is 427. The molecule has 1 fully saturated rings. The molecule has 2 rings (SSSR count). The summed E-state index contributed by atoms with van der Waals surface area (Å²) in [5.74, 6) is 0. The van der Waals surface area contributed by atoms with Gasteiger partial charge in [0, 0.05) is 6.54 Å². The first-order valence-electron chi connectivity index (χ1n) is 7.94. The number of aliphatic hydroxyl groups is 1. The van der Waals surface area contributed by atoms with E-state index in [2.05, 4.69) is 31.7 Å². The number of aryl methyl sites for hydroxylation is 1. The Morgan fingerprint density at radius 3 is 2.70 bits per heavy atom. The van der Waals surface area contributed by atoms with Crippen LogP contribution in [0.3, 0.4) is 0 Å². The molecule has 1 saturated heterocycles. The highest BCUT2D eigenvalue weighted by atomic mass is 16.3. The molecule has 1 heterocycles. The van der Waals surface area contributed by atoms with Crippen LogP contribution < -0.4 is 0 Å². The molecule has 0 aromatic heterocycles. The summed E-state index contributed by atoms with van der Waals surface area (Å²) in [5, 5.41) is 10.4. The minimum Gasteiger partial charge on any atom is -0.388 e. The maximum atomic E-state index is 10.4. The van der Waals surface area contributed by atoms with E-state index in [0.717, 1.165) is 18.5 Å². The average Bonchev–Trinajstić information content (AvgIpc) is 2.57. The van der Waals surface area contributed by atoms with Crippen LogP contribution in [-0.4, -0.2) is 29.6 Å². The van der Waals surface area contributed by atoms with Gasteiger partial charge in [-0.15, -0.1) is 0 Å². The fourth-order valence-corrected chi connectivity index (χ4v) is 3.12. The SMILES string of the molecule is Cc1ccccc1C(O)CCN1CCCC(C)(C)CC1. The molecular weight excluding hydrogens is 246 g/mol. The third-order valence-corrected chi connectivity index (χ3v) is 4.70. The number of rotatable bonds is 4. The van der Waals surface area contributed by atoms with Crippen molar-refractivity contribution in [2.75, 3.05) is 19.6 Å². The highest BCUT2D eigenvalue weighted by molar-refractivity contribution is 5.27. The van der Waals surface area contributed by atoms with E-state index >= 15 is 0 Å². The molecule has 0 aliphatic carbocycles. The van der Waals surface area contributed by atoms with Gasteiger partial charge in [-0.2, -0.15) is 0 Å². The van der Waals surface area contributed by atoms with E-state index in [1.54, 1.807) is 0 Å². The van der Waals surface area contributed by atoms with Gasteiger partial charge in [0.2, 0.25) is 0 Å². The predicted octanol–water partition coefficient (Wildman–Crippen LogP) is 3.93. The molecule has 1 aliphatic rings. The van der Waals surface area contributed by atoms with E-state index < -0.39 is 0 Å². The van der Waals surface area contributed by atoms with Gasteiger partial charge < -0.3 is 10.0 Å². The van der Waals surface area contributed by atoms with Crippen molar-refractivity contribution in [3.63, 3.8) is 0 Å². The first kappa shape index (κ1) is 15.5. The van der Waals surface area contributed by atoms with Crippen LogP contribution in [0.2, 0.25) is 0 Å². The van der Waals surface area contributed by atoms with Crippen molar-refractivity contribution >= 4 is 0 Å². The molecular formula is C18H29NO. The Hall–Kier alpha value is -0.860.